The highest BCUT2D eigenvalue weighted by atomic mass is 16.6. The van der Waals surface area contributed by atoms with E-state index < -0.39 is 53.7 Å². The Hall–Kier alpha value is -4.87. The molecule has 2 amide bonds. The van der Waals surface area contributed by atoms with E-state index in [1.807, 2.05) is 26.0 Å². The molecule has 5 N–H and O–H groups in total. The van der Waals surface area contributed by atoms with E-state index in [4.69, 9.17) is 20.9 Å². The van der Waals surface area contributed by atoms with E-state index in [-0.39, 0.29) is 25.6 Å². The van der Waals surface area contributed by atoms with Gasteiger partial charge >= 0.3 is 12.2 Å². The molecule has 3 aromatic rings. The van der Waals surface area contributed by atoms with Gasteiger partial charge in [-0.3, -0.25) is 19.3 Å². The average Bonchev–Trinajstić information content (AvgIpc) is 3.03. The SMILES string of the molecule is CC(C)C[C@H](NC(=O)OCc1ccccc1)C(=O)C(N)(N)C(=O)CC(=O)[C@H](C)N(C(=O)OCc1ccccc1)c1ccccc1. The maximum atomic E-state index is 13.4. The van der Waals surface area contributed by atoms with Crippen molar-refractivity contribution in [2.75, 3.05) is 4.90 Å². The highest BCUT2D eigenvalue weighted by Gasteiger charge is 2.44. The summed E-state index contributed by atoms with van der Waals surface area (Å²) in [4.78, 5) is 67.0. The number of nitrogens with two attached hydrogens (primary N) is 2. The van der Waals surface area contributed by atoms with Crippen molar-refractivity contribution in [1.82, 2.24) is 5.32 Å². The predicted octanol–water partition coefficient (Wildman–Crippen LogP) is 4.27. The molecule has 0 unspecified atom stereocenters. The molecule has 0 radical (unpaired) electrons. The number of benzene rings is 3. The number of rotatable bonds is 15. The third-order valence-corrected chi connectivity index (χ3v) is 7.02. The summed E-state index contributed by atoms with van der Waals surface area (Å²) in [5.41, 5.74) is 11.4. The highest BCUT2D eigenvalue weighted by Crippen LogP contribution is 2.21. The van der Waals surface area contributed by atoms with Gasteiger partial charge in [0.25, 0.3) is 0 Å². The smallest absolute Gasteiger partial charge is 0.415 e. The van der Waals surface area contributed by atoms with E-state index in [1.165, 1.54) is 6.92 Å². The Morgan fingerprint density at radius 2 is 1.24 bits per heavy atom. The van der Waals surface area contributed by atoms with Gasteiger partial charge in [-0.2, -0.15) is 0 Å². The number of Topliss-reactive ketones (excluding diaryl/α,β-unsaturated/α-hetero) is 3. The van der Waals surface area contributed by atoms with Crippen molar-refractivity contribution in [2.45, 2.75) is 64.6 Å². The summed E-state index contributed by atoms with van der Waals surface area (Å²) in [6.07, 6.45) is -2.43. The van der Waals surface area contributed by atoms with Gasteiger partial charge in [0, 0.05) is 5.69 Å². The Balaban J connectivity index is 1.70. The maximum absolute atomic E-state index is 13.4. The lowest BCUT2D eigenvalue weighted by Crippen LogP contribution is -2.68. The van der Waals surface area contributed by atoms with Crippen molar-refractivity contribution < 1.29 is 33.4 Å². The zero-order valence-corrected chi connectivity index (χ0v) is 25.7. The number of para-hydroxylation sites is 1. The summed E-state index contributed by atoms with van der Waals surface area (Å²) in [7, 11) is 0. The quantitative estimate of drug-likeness (QED) is 0.167. The largest absolute Gasteiger partial charge is 0.445 e. The third-order valence-electron chi connectivity index (χ3n) is 7.02. The molecule has 0 aromatic heterocycles. The molecule has 3 aromatic carbocycles. The number of amides is 2. The summed E-state index contributed by atoms with van der Waals surface area (Å²) in [6, 6.07) is 23.9. The second-order valence-electron chi connectivity index (χ2n) is 11.1. The lowest BCUT2D eigenvalue weighted by atomic mass is 9.88. The number of ether oxygens (including phenoxy) is 2. The van der Waals surface area contributed by atoms with Crippen molar-refractivity contribution in [1.29, 1.82) is 0 Å². The topological polar surface area (TPSA) is 171 Å². The number of hydrogen-bond acceptors (Lipinski definition) is 9. The van der Waals surface area contributed by atoms with Gasteiger partial charge in [0.2, 0.25) is 0 Å². The zero-order chi connectivity index (χ0) is 33.0. The van der Waals surface area contributed by atoms with Gasteiger partial charge in [0.05, 0.1) is 18.5 Å². The molecule has 3 rings (SSSR count). The highest BCUT2D eigenvalue weighted by molar-refractivity contribution is 6.18. The van der Waals surface area contributed by atoms with E-state index in [2.05, 4.69) is 5.32 Å². The average molecular weight is 617 g/mol. The molecular formula is C34H40N4O7. The number of nitrogens with one attached hydrogen (secondary N) is 1. The van der Waals surface area contributed by atoms with E-state index in [9.17, 15) is 24.0 Å². The van der Waals surface area contributed by atoms with Gasteiger partial charge in [0.15, 0.2) is 23.0 Å². The first-order valence-corrected chi connectivity index (χ1v) is 14.6. The second-order valence-corrected chi connectivity index (χ2v) is 11.1. The van der Waals surface area contributed by atoms with Gasteiger partial charge in [-0.25, -0.2) is 9.59 Å². The number of nitrogens with zero attached hydrogens (tertiary/aromatic N) is 1. The van der Waals surface area contributed by atoms with E-state index in [0.29, 0.717) is 5.69 Å². The van der Waals surface area contributed by atoms with Crippen LogP contribution in [0.5, 0.6) is 0 Å². The number of carbonyl (C=O) groups is 5. The summed E-state index contributed by atoms with van der Waals surface area (Å²) < 4.78 is 10.7. The third kappa shape index (κ3) is 10.1. The van der Waals surface area contributed by atoms with Gasteiger partial charge in [0.1, 0.15) is 13.2 Å². The van der Waals surface area contributed by atoms with Crippen LogP contribution in [0.4, 0.5) is 15.3 Å². The van der Waals surface area contributed by atoms with E-state index in [0.717, 1.165) is 16.0 Å². The van der Waals surface area contributed by atoms with Crippen LogP contribution in [-0.4, -0.2) is 47.3 Å². The first kappa shape index (κ1) is 34.6. The van der Waals surface area contributed by atoms with Crippen molar-refractivity contribution in [3.05, 3.63) is 102 Å². The van der Waals surface area contributed by atoms with Crippen LogP contribution >= 0.6 is 0 Å². The predicted molar refractivity (Wildman–Crippen MR) is 169 cm³/mol. The van der Waals surface area contributed by atoms with Crippen molar-refractivity contribution in [3.8, 4) is 0 Å². The number of hydrogen-bond donors (Lipinski definition) is 3. The summed E-state index contributed by atoms with van der Waals surface area (Å²) in [5.74, 6) is -2.85. The number of alkyl carbamates (subject to hydrolysis) is 1. The Labute approximate surface area is 262 Å². The molecule has 0 aliphatic carbocycles. The Bertz CT molecular complexity index is 1450. The minimum atomic E-state index is -2.60. The fourth-order valence-corrected chi connectivity index (χ4v) is 4.50. The molecule has 0 saturated heterocycles. The monoisotopic (exact) mass is 616 g/mol. The summed E-state index contributed by atoms with van der Waals surface area (Å²) >= 11 is 0. The second kappa shape index (κ2) is 16.3. The van der Waals surface area contributed by atoms with Gasteiger partial charge in [-0.15, -0.1) is 0 Å². The lowest BCUT2D eigenvalue weighted by molar-refractivity contribution is -0.137. The number of ketones is 3. The first-order valence-electron chi connectivity index (χ1n) is 14.6. The van der Waals surface area contributed by atoms with Gasteiger partial charge in [-0.05, 0) is 42.5 Å². The van der Waals surface area contributed by atoms with Crippen LogP contribution < -0.4 is 21.7 Å². The standard InChI is InChI=1S/C34H40N4O7/c1-23(2)19-28(37-32(42)44-21-25-13-7-4-8-14-25)31(41)34(35,36)30(40)20-29(39)24(3)38(27-17-11-6-12-18-27)33(43)45-22-26-15-9-5-10-16-26/h4-18,23-24,28H,19-22,35-36H2,1-3H3,(H,37,42)/t24-,28-/m0/s1. The van der Waals surface area contributed by atoms with Gasteiger partial charge < -0.3 is 26.3 Å². The molecule has 238 valence electrons. The van der Waals surface area contributed by atoms with Crippen LogP contribution in [-0.2, 0) is 37.1 Å². The molecule has 0 aliphatic heterocycles. The van der Waals surface area contributed by atoms with Gasteiger partial charge in [-0.1, -0.05) is 92.7 Å². The fourth-order valence-electron chi connectivity index (χ4n) is 4.50. The maximum Gasteiger partial charge on any atom is 0.415 e. The van der Waals surface area contributed by atoms with E-state index >= 15 is 0 Å². The lowest BCUT2D eigenvalue weighted by Gasteiger charge is -2.30. The molecule has 0 bridgehead atoms. The molecule has 0 aliphatic rings. The molecule has 0 saturated carbocycles. The molecule has 11 heteroatoms. The van der Waals surface area contributed by atoms with Crippen molar-refractivity contribution in [3.63, 3.8) is 0 Å². The molecule has 0 heterocycles. The normalized spacial score (nSPS) is 12.5. The molecule has 0 spiro atoms. The van der Waals surface area contributed by atoms with Crippen LogP contribution in [0.25, 0.3) is 0 Å². The van der Waals surface area contributed by atoms with Crippen LogP contribution in [0.2, 0.25) is 0 Å². The van der Waals surface area contributed by atoms with Crippen LogP contribution in [0.3, 0.4) is 0 Å². The van der Waals surface area contributed by atoms with Crippen molar-refractivity contribution >= 4 is 35.2 Å². The van der Waals surface area contributed by atoms with E-state index in [1.54, 1.807) is 78.9 Å². The minimum Gasteiger partial charge on any atom is -0.445 e. The first-order chi connectivity index (χ1) is 21.4. The Morgan fingerprint density at radius 1 is 0.756 bits per heavy atom. The van der Waals surface area contributed by atoms with Crippen LogP contribution in [0.1, 0.15) is 44.7 Å². The molecule has 45 heavy (non-hydrogen) atoms. The van der Waals surface area contributed by atoms with Crippen LogP contribution in [0, 0.1) is 5.92 Å². The Kier molecular flexibility index (Phi) is 12.5. The summed E-state index contributed by atoms with van der Waals surface area (Å²) in [5, 5.41) is 2.46. The zero-order valence-electron chi connectivity index (χ0n) is 25.7. The molecule has 0 fully saturated rings. The molecule has 2 atom stereocenters. The molecular weight excluding hydrogens is 576 g/mol. The minimum absolute atomic E-state index is 0.0376. The summed E-state index contributed by atoms with van der Waals surface area (Å²) in [6.45, 7) is 4.99. The number of carbonyl (C=O) groups excluding carboxylic acids is 5. The van der Waals surface area contributed by atoms with Crippen LogP contribution in [0.15, 0.2) is 91.0 Å². The Morgan fingerprint density at radius 3 is 1.76 bits per heavy atom. The van der Waals surface area contributed by atoms with Crippen molar-refractivity contribution in [2.24, 2.45) is 17.4 Å². The molecule has 11 nitrogen and oxygen atoms in total. The number of anilines is 1. The fraction of sp³-hybridized carbons (Fsp3) is 0.324.